The standard InChI is InChI=1S/C27H34N6O2.C25H30N6O2/c1-6-11-32-21(13-18-9-8-10-29-25(18)32)26-30-20-12-19(14-22(35-5)24(20)31(26)4)27(34)33-15-17(7-2)23(28)16(33)3;1-4-10-31-20(13-16-7-5-9-27-23(16)31)24-28-19-12-17(14-21(33-3)22(19)29(24)2)25(32)30-11-6-8-18(26)15-30/h8-10,12-14,16-17,23H,6-7,11,15,28H2,1-5H3;5,7,9,12-14,18H,4,6,8,10-11,15,26H2,1-3H3/t16-,17-,23+;/m1./s1. The molecule has 2 amide bonds. The number of nitrogens with zero attached hydrogens (tertiary/aromatic N) is 10. The van der Waals surface area contributed by atoms with Gasteiger partial charge in [-0.3, -0.25) is 9.59 Å². The number of imidazole rings is 2. The second-order valence-electron chi connectivity index (χ2n) is 18.4. The summed E-state index contributed by atoms with van der Waals surface area (Å²) >= 11 is 0. The number of hydrogen-bond donors (Lipinski definition) is 2. The number of benzene rings is 2. The fourth-order valence-electron chi connectivity index (χ4n) is 10.4. The van der Waals surface area contributed by atoms with E-state index in [0.717, 1.165) is 119 Å². The molecule has 0 spiro atoms. The zero-order valence-electron chi connectivity index (χ0n) is 40.6. The van der Waals surface area contributed by atoms with E-state index in [-0.39, 0.29) is 29.9 Å². The van der Waals surface area contributed by atoms with Crippen molar-refractivity contribution in [2.75, 3.05) is 33.9 Å². The van der Waals surface area contributed by atoms with Crippen molar-refractivity contribution in [3.63, 3.8) is 0 Å². The van der Waals surface area contributed by atoms with E-state index in [0.29, 0.717) is 41.6 Å². The minimum Gasteiger partial charge on any atom is -0.494 e. The number of aryl methyl sites for hydroxylation is 4. The first kappa shape index (κ1) is 46.3. The van der Waals surface area contributed by atoms with Gasteiger partial charge in [-0.25, -0.2) is 19.9 Å². The number of nitrogens with two attached hydrogens (primary N) is 2. The van der Waals surface area contributed by atoms with Gasteiger partial charge < -0.3 is 49.0 Å². The molecule has 2 aromatic carbocycles. The minimum atomic E-state index is -0.0272. The molecule has 0 saturated carbocycles. The highest BCUT2D eigenvalue weighted by molar-refractivity contribution is 6.01. The second-order valence-corrected chi connectivity index (χ2v) is 18.4. The predicted octanol–water partition coefficient (Wildman–Crippen LogP) is 7.78. The third-order valence-electron chi connectivity index (χ3n) is 14.0. The Labute approximate surface area is 396 Å². The maximum absolute atomic E-state index is 13.6. The van der Waals surface area contributed by atoms with Crippen LogP contribution >= 0.6 is 0 Å². The number of amides is 2. The van der Waals surface area contributed by atoms with E-state index in [4.69, 9.17) is 30.9 Å². The highest BCUT2D eigenvalue weighted by atomic mass is 16.5. The van der Waals surface area contributed by atoms with Gasteiger partial charge in [0, 0.05) is 99.2 Å². The van der Waals surface area contributed by atoms with Crippen molar-refractivity contribution in [1.82, 2.24) is 48.0 Å². The van der Waals surface area contributed by atoms with Crippen LogP contribution in [0.15, 0.2) is 73.1 Å². The van der Waals surface area contributed by atoms with Gasteiger partial charge in [0.1, 0.15) is 33.8 Å². The number of carbonyl (C=O) groups is 2. The molecule has 0 bridgehead atoms. The first-order valence-electron chi connectivity index (χ1n) is 24.0. The molecule has 0 aliphatic carbocycles. The Bertz CT molecular complexity index is 3160. The molecule has 4 atom stereocenters. The monoisotopic (exact) mass is 921 g/mol. The predicted molar refractivity (Wildman–Crippen MR) is 268 cm³/mol. The van der Waals surface area contributed by atoms with Crippen molar-refractivity contribution in [2.45, 2.75) is 91.0 Å². The highest BCUT2D eigenvalue weighted by Crippen LogP contribution is 2.37. The van der Waals surface area contributed by atoms with Gasteiger partial charge in [0.25, 0.3) is 11.8 Å². The van der Waals surface area contributed by atoms with Crippen LogP contribution in [0.25, 0.3) is 67.2 Å². The summed E-state index contributed by atoms with van der Waals surface area (Å²) in [5.41, 5.74) is 20.7. The van der Waals surface area contributed by atoms with E-state index in [1.807, 2.05) is 88.7 Å². The summed E-state index contributed by atoms with van der Waals surface area (Å²) in [5, 5.41) is 2.16. The van der Waals surface area contributed by atoms with Crippen molar-refractivity contribution < 1.29 is 19.1 Å². The Morgan fingerprint density at radius 3 is 1.69 bits per heavy atom. The molecule has 2 fully saturated rings. The van der Waals surface area contributed by atoms with Crippen molar-refractivity contribution in [3.8, 4) is 34.5 Å². The van der Waals surface area contributed by atoms with Gasteiger partial charge in [-0.05, 0) is 99.2 Å². The van der Waals surface area contributed by atoms with Gasteiger partial charge in [-0.2, -0.15) is 0 Å². The maximum Gasteiger partial charge on any atom is 0.254 e. The Hall–Kier alpha value is -6.78. The molecular formula is C52H64N12O4. The lowest BCUT2D eigenvalue weighted by molar-refractivity contribution is 0.0707. The Kier molecular flexibility index (Phi) is 13.0. The molecule has 4 N–H and O–H groups in total. The van der Waals surface area contributed by atoms with Gasteiger partial charge in [0.15, 0.2) is 11.6 Å². The van der Waals surface area contributed by atoms with Crippen molar-refractivity contribution >= 4 is 55.9 Å². The van der Waals surface area contributed by atoms with Crippen molar-refractivity contribution in [2.24, 2.45) is 31.5 Å². The summed E-state index contributed by atoms with van der Waals surface area (Å²) in [6.07, 6.45) is 8.45. The summed E-state index contributed by atoms with van der Waals surface area (Å²) in [6.45, 7) is 12.1. The van der Waals surface area contributed by atoms with Crippen LogP contribution in [-0.4, -0.2) is 112 Å². The summed E-state index contributed by atoms with van der Waals surface area (Å²) in [7, 11) is 7.24. The third-order valence-corrected chi connectivity index (χ3v) is 14.0. The van der Waals surface area contributed by atoms with Crippen LogP contribution in [0.4, 0.5) is 0 Å². The zero-order chi connectivity index (χ0) is 48.0. The van der Waals surface area contributed by atoms with Crippen LogP contribution in [0.2, 0.25) is 0 Å². The largest absolute Gasteiger partial charge is 0.494 e. The lowest BCUT2D eigenvalue weighted by atomic mass is 9.98. The molecule has 68 heavy (non-hydrogen) atoms. The maximum atomic E-state index is 13.6. The van der Waals surface area contributed by atoms with Crippen LogP contribution in [0.3, 0.4) is 0 Å². The highest BCUT2D eigenvalue weighted by Gasteiger charge is 2.39. The van der Waals surface area contributed by atoms with Gasteiger partial charge in [-0.1, -0.05) is 27.2 Å². The van der Waals surface area contributed by atoms with E-state index < -0.39 is 0 Å². The third kappa shape index (κ3) is 8.12. The van der Waals surface area contributed by atoms with Crippen LogP contribution in [0.1, 0.15) is 80.5 Å². The second kappa shape index (κ2) is 19.1. The minimum absolute atomic E-state index is 0.00862. The lowest BCUT2D eigenvalue weighted by Gasteiger charge is -2.30. The average Bonchev–Trinajstić information content (AvgIpc) is 4.15. The van der Waals surface area contributed by atoms with E-state index in [1.54, 1.807) is 14.2 Å². The smallest absolute Gasteiger partial charge is 0.254 e. The number of likely N-dealkylation sites (tertiary alicyclic amines) is 2. The van der Waals surface area contributed by atoms with E-state index in [2.05, 4.69) is 64.1 Å². The van der Waals surface area contributed by atoms with E-state index >= 15 is 0 Å². The number of ether oxygens (including phenoxy) is 2. The number of pyridine rings is 2. The molecule has 8 aromatic rings. The first-order valence-corrected chi connectivity index (χ1v) is 24.0. The molecule has 16 nitrogen and oxygen atoms in total. The number of hydrogen-bond acceptors (Lipinski definition) is 10. The summed E-state index contributed by atoms with van der Waals surface area (Å²) < 4.78 is 20.0. The molecule has 2 aliphatic heterocycles. The number of rotatable bonds is 11. The first-order chi connectivity index (χ1) is 32.9. The van der Waals surface area contributed by atoms with E-state index in [9.17, 15) is 9.59 Å². The number of methoxy groups -OCH3 is 2. The molecule has 16 heteroatoms. The molecule has 2 saturated heterocycles. The normalized spacial score (nSPS) is 18.5. The number of piperidine rings is 1. The topological polar surface area (TPSA) is 182 Å². The molecule has 2 aliphatic rings. The summed E-state index contributed by atoms with van der Waals surface area (Å²) in [5.74, 6) is 3.16. The van der Waals surface area contributed by atoms with Gasteiger partial charge in [0.2, 0.25) is 0 Å². The van der Waals surface area contributed by atoms with Crippen molar-refractivity contribution in [1.29, 1.82) is 0 Å². The summed E-state index contributed by atoms with van der Waals surface area (Å²) in [6, 6.07) is 19.7. The van der Waals surface area contributed by atoms with Crippen LogP contribution in [0, 0.1) is 5.92 Å². The molecule has 0 radical (unpaired) electrons. The van der Waals surface area contributed by atoms with Gasteiger partial charge in [-0.15, -0.1) is 0 Å². The quantitative estimate of drug-likeness (QED) is 0.130. The number of aromatic nitrogens is 8. The van der Waals surface area contributed by atoms with Gasteiger partial charge >= 0.3 is 0 Å². The molecular weight excluding hydrogens is 857 g/mol. The Morgan fingerprint density at radius 2 is 1.24 bits per heavy atom. The SMILES string of the molecule is CCCn1c(-c2nc3cc(C(=O)N4CCCC(N)C4)cc(OC)c3n2C)cc2cccnc21.CCCn1c(-c2nc3cc(C(=O)N4C[C@@H](CC)[C@@H](N)[C@H]4C)cc(OC)c3n2C)cc2cccnc21. The fourth-order valence-corrected chi connectivity index (χ4v) is 10.4. The Morgan fingerprint density at radius 1 is 0.721 bits per heavy atom. The van der Waals surface area contributed by atoms with Crippen LogP contribution in [-0.2, 0) is 27.2 Å². The van der Waals surface area contributed by atoms with Crippen LogP contribution < -0.4 is 20.9 Å². The Balaban J connectivity index is 0.000000170. The summed E-state index contributed by atoms with van der Waals surface area (Å²) in [4.78, 5) is 49.7. The molecule has 6 aromatic heterocycles. The number of fused-ring (bicyclic) bond motifs is 4. The van der Waals surface area contributed by atoms with Gasteiger partial charge in [0.05, 0.1) is 36.6 Å². The molecule has 356 valence electrons. The molecule has 1 unspecified atom stereocenters. The van der Waals surface area contributed by atoms with Crippen LogP contribution in [0.5, 0.6) is 11.5 Å². The fraction of sp³-hybridized carbons (Fsp3) is 0.423. The lowest BCUT2D eigenvalue weighted by Crippen LogP contribution is -2.45. The van der Waals surface area contributed by atoms with Crippen molar-refractivity contribution in [3.05, 3.63) is 84.2 Å². The number of carbonyl (C=O) groups excluding carboxylic acids is 2. The molecule has 8 heterocycles. The molecule has 10 rings (SSSR count). The van der Waals surface area contributed by atoms with E-state index in [1.165, 1.54) is 0 Å². The average molecular weight is 921 g/mol. The zero-order valence-corrected chi connectivity index (χ0v) is 40.6.